The molecule has 0 aliphatic rings. The van der Waals surface area contributed by atoms with E-state index in [2.05, 4.69) is 10.3 Å². The third-order valence-electron chi connectivity index (χ3n) is 3.06. The normalized spacial score (nSPS) is 10.1. The van der Waals surface area contributed by atoms with Gasteiger partial charge >= 0.3 is 5.69 Å². The van der Waals surface area contributed by atoms with Crippen molar-refractivity contribution < 1.29 is 0 Å². The molecule has 0 spiro atoms. The number of para-hydroxylation sites is 1. The van der Waals surface area contributed by atoms with Crippen LogP contribution in [0.15, 0.2) is 66.7 Å². The Balaban J connectivity index is 2.13. The van der Waals surface area contributed by atoms with E-state index in [-0.39, 0.29) is 0 Å². The summed E-state index contributed by atoms with van der Waals surface area (Å²) in [6.07, 6.45) is 0. The van der Waals surface area contributed by atoms with E-state index < -0.39 is 0 Å². The standard InChI is InChI=1S/C16H12N3/c17-19-16-11-10-15(13-8-4-5-9-14(13)16)18-12-6-2-1-3-7-12/h1-11,18H/q+1. The summed E-state index contributed by atoms with van der Waals surface area (Å²) < 4.78 is 0. The Morgan fingerprint density at radius 3 is 2.16 bits per heavy atom. The van der Waals surface area contributed by atoms with Crippen LogP contribution in [0.25, 0.3) is 15.7 Å². The molecule has 0 fully saturated rings. The molecule has 0 aromatic heterocycles. The third-order valence-corrected chi connectivity index (χ3v) is 3.06. The molecule has 90 valence electrons. The monoisotopic (exact) mass is 246 g/mol. The van der Waals surface area contributed by atoms with Crippen LogP contribution in [0.2, 0.25) is 0 Å². The van der Waals surface area contributed by atoms with E-state index in [9.17, 15) is 0 Å². The zero-order chi connectivity index (χ0) is 13.1. The maximum absolute atomic E-state index is 9.02. The molecule has 0 radical (unpaired) electrons. The van der Waals surface area contributed by atoms with Gasteiger partial charge in [0.05, 0.1) is 5.39 Å². The minimum Gasteiger partial charge on any atom is -0.355 e. The van der Waals surface area contributed by atoms with Gasteiger partial charge in [-0.05, 0) is 24.3 Å². The molecule has 0 bridgehead atoms. The van der Waals surface area contributed by atoms with Crippen LogP contribution in [-0.2, 0) is 0 Å². The van der Waals surface area contributed by atoms with Gasteiger partial charge in [0, 0.05) is 22.8 Å². The molecular weight excluding hydrogens is 234 g/mol. The zero-order valence-corrected chi connectivity index (χ0v) is 10.2. The summed E-state index contributed by atoms with van der Waals surface area (Å²) in [6.45, 7) is 0. The number of fused-ring (bicyclic) bond motifs is 1. The summed E-state index contributed by atoms with van der Waals surface area (Å²) in [4.78, 5) is 3.32. The fourth-order valence-electron chi connectivity index (χ4n) is 2.16. The van der Waals surface area contributed by atoms with Crippen molar-refractivity contribution in [1.29, 1.82) is 5.39 Å². The van der Waals surface area contributed by atoms with Gasteiger partial charge in [0.1, 0.15) is 0 Å². The topological polar surface area (TPSA) is 40.2 Å². The highest BCUT2D eigenvalue weighted by molar-refractivity contribution is 6.02. The van der Waals surface area contributed by atoms with Gasteiger partial charge in [0.2, 0.25) is 5.39 Å². The molecule has 3 rings (SSSR count). The second kappa shape index (κ2) is 4.79. The lowest BCUT2D eigenvalue weighted by molar-refractivity contribution is 1.47. The molecule has 0 aliphatic heterocycles. The van der Waals surface area contributed by atoms with Crippen molar-refractivity contribution in [2.75, 3.05) is 5.32 Å². The Hall–Kier alpha value is -2.86. The fourth-order valence-corrected chi connectivity index (χ4v) is 2.16. The zero-order valence-electron chi connectivity index (χ0n) is 10.2. The van der Waals surface area contributed by atoms with Crippen molar-refractivity contribution in [3.05, 3.63) is 71.7 Å². The molecular formula is C16H12N3+. The Morgan fingerprint density at radius 1 is 0.737 bits per heavy atom. The molecule has 3 nitrogen and oxygen atoms in total. The highest BCUT2D eigenvalue weighted by atomic mass is 14.9. The molecule has 0 saturated heterocycles. The van der Waals surface area contributed by atoms with Gasteiger partial charge in [-0.3, -0.25) is 0 Å². The van der Waals surface area contributed by atoms with E-state index in [4.69, 9.17) is 5.39 Å². The second-order valence-corrected chi connectivity index (χ2v) is 4.27. The lowest BCUT2D eigenvalue weighted by Gasteiger charge is -2.08. The van der Waals surface area contributed by atoms with Gasteiger partial charge in [0.15, 0.2) is 4.98 Å². The quantitative estimate of drug-likeness (QED) is 0.641. The average Bonchev–Trinajstić information content (AvgIpc) is 2.49. The first-order valence-electron chi connectivity index (χ1n) is 6.07. The van der Waals surface area contributed by atoms with Crippen LogP contribution in [0.4, 0.5) is 17.1 Å². The van der Waals surface area contributed by atoms with E-state index in [1.54, 1.807) is 6.07 Å². The Morgan fingerprint density at radius 2 is 1.42 bits per heavy atom. The largest absolute Gasteiger partial charge is 0.392 e. The van der Waals surface area contributed by atoms with E-state index in [1.807, 2.05) is 60.7 Å². The molecule has 3 aromatic carbocycles. The predicted octanol–water partition coefficient (Wildman–Crippen LogP) is 5.07. The lowest BCUT2D eigenvalue weighted by atomic mass is 10.1. The molecule has 0 heterocycles. The van der Waals surface area contributed by atoms with Gasteiger partial charge in [-0.1, -0.05) is 36.4 Å². The van der Waals surface area contributed by atoms with Crippen LogP contribution in [0.5, 0.6) is 0 Å². The maximum atomic E-state index is 9.02. The first-order chi connectivity index (χ1) is 9.38. The molecule has 0 amide bonds. The molecule has 0 saturated carbocycles. The molecule has 1 N–H and O–H groups in total. The molecule has 3 heteroatoms. The van der Waals surface area contributed by atoms with Crippen LogP contribution in [-0.4, -0.2) is 0 Å². The van der Waals surface area contributed by atoms with E-state index in [0.29, 0.717) is 5.69 Å². The first kappa shape index (κ1) is 11.2. The summed E-state index contributed by atoms with van der Waals surface area (Å²) in [5, 5.41) is 14.3. The van der Waals surface area contributed by atoms with Crippen molar-refractivity contribution in [1.82, 2.24) is 0 Å². The van der Waals surface area contributed by atoms with Crippen LogP contribution >= 0.6 is 0 Å². The number of nitrogens with zero attached hydrogens (tertiary/aromatic N) is 2. The second-order valence-electron chi connectivity index (χ2n) is 4.27. The molecule has 19 heavy (non-hydrogen) atoms. The van der Waals surface area contributed by atoms with Crippen molar-refractivity contribution >= 4 is 27.8 Å². The highest BCUT2D eigenvalue weighted by Crippen LogP contribution is 2.33. The number of nitrogens with one attached hydrogen (secondary N) is 1. The van der Waals surface area contributed by atoms with Crippen LogP contribution in [0, 0.1) is 5.39 Å². The fraction of sp³-hybridized carbons (Fsp3) is 0. The lowest BCUT2D eigenvalue weighted by Crippen LogP contribution is -1.90. The molecule has 0 aliphatic carbocycles. The molecule has 0 atom stereocenters. The number of hydrogen-bond acceptors (Lipinski definition) is 2. The third kappa shape index (κ3) is 2.12. The Bertz CT molecular complexity index is 758. The van der Waals surface area contributed by atoms with Crippen molar-refractivity contribution in [3.63, 3.8) is 0 Å². The average molecular weight is 246 g/mol. The number of benzene rings is 3. The van der Waals surface area contributed by atoms with Gasteiger partial charge in [0.25, 0.3) is 0 Å². The predicted molar refractivity (Wildman–Crippen MR) is 78.4 cm³/mol. The van der Waals surface area contributed by atoms with Crippen molar-refractivity contribution in [2.45, 2.75) is 0 Å². The van der Waals surface area contributed by atoms with Crippen LogP contribution < -0.4 is 5.32 Å². The van der Waals surface area contributed by atoms with E-state index >= 15 is 0 Å². The summed E-state index contributed by atoms with van der Waals surface area (Å²) >= 11 is 0. The summed E-state index contributed by atoms with van der Waals surface area (Å²) in [7, 11) is 0. The number of rotatable bonds is 2. The number of anilines is 2. The van der Waals surface area contributed by atoms with Gasteiger partial charge < -0.3 is 5.32 Å². The Kier molecular flexibility index (Phi) is 2.83. The summed E-state index contributed by atoms with van der Waals surface area (Å²) in [6, 6.07) is 21.6. The number of hydrogen-bond donors (Lipinski definition) is 1. The highest BCUT2D eigenvalue weighted by Gasteiger charge is 2.13. The minimum atomic E-state index is 0.578. The maximum Gasteiger partial charge on any atom is 0.392 e. The minimum absolute atomic E-state index is 0.578. The number of diazo groups is 1. The van der Waals surface area contributed by atoms with Gasteiger partial charge in [-0.2, -0.15) is 0 Å². The summed E-state index contributed by atoms with van der Waals surface area (Å²) in [5.41, 5.74) is 2.60. The Labute approximate surface area is 111 Å². The van der Waals surface area contributed by atoms with E-state index in [0.717, 1.165) is 22.1 Å². The van der Waals surface area contributed by atoms with Crippen LogP contribution in [0.3, 0.4) is 0 Å². The SMILES string of the molecule is N#[N+]c1ccc(Nc2ccccc2)c2ccccc12. The van der Waals surface area contributed by atoms with Gasteiger partial charge in [-0.15, -0.1) is 0 Å². The van der Waals surface area contributed by atoms with Crippen molar-refractivity contribution in [3.8, 4) is 0 Å². The van der Waals surface area contributed by atoms with Crippen LogP contribution in [0.1, 0.15) is 0 Å². The summed E-state index contributed by atoms with van der Waals surface area (Å²) in [5.74, 6) is 0. The first-order valence-corrected chi connectivity index (χ1v) is 6.07. The van der Waals surface area contributed by atoms with E-state index in [1.165, 1.54) is 0 Å². The molecule has 3 aromatic rings. The molecule has 0 unspecified atom stereocenters. The smallest absolute Gasteiger partial charge is 0.355 e. The van der Waals surface area contributed by atoms with Crippen molar-refractivity contribution in [2.24, 2.45) is 0 Å². The van der Waals surface area contributed by atoms with Gasteiger partial charge in [-0.25, -0.2) is 0 Å².